The summed E-state index contributed by atoms with van der Waals surface area (Å²) >= 11 is 0. The number of ether oxygens (including phenoxy) is 3. The van der Waals surface area contributed by atoms with Gasteiger partial charge in [-0.2, -0.15) is 0 Å². The van der Waals surface area contributed by atoms with Gasteiger partial charge in [-0.25, -0.2) is 0 Å². The summed E-state index contributed by atoms with van der Waals surface area (Å²) in [5.41, 5.74) is 2.69. The molecule has 1 aliphatic rings. The summed E-state index contributed by atoms with van der Waals surface area (Å²) in [5.74, 6) is 2.43. The molecule has 2 N–H and O–H groups in total. The number of aromatic nitrogens is 2. The molecule has 1 aromatic heterocycles. The molecule has 1 fully saturated rings. The standard InChI is InChI=1S/C25H30N4O4/c1-28-6-7-29(25(28)26)15-19-8-20(12-23(11-19)33-16-17-4-5-17)24(30)27-14-18-9-21(31-2)13-22(10-18)32-3/h6-13,17,26H,4-5,14-16H2,1-3H3,(H,27,30). The highest BCUT2D eigenvalue weighted by Gasteiger charge is 2.22. The van der Waals surface area contributed by atoms with E-state index in [-0.39, 0.29) is 5.91 Å². The first-order valence-electron chi connectivity index (χ1n) is 11.0. The van der Waals surface area contributed by atoms with Crippen molar-refractivity contribution in [2.24, 2.45) is 13.0 Å². The molecule has 8 heteroatoms. The maximum Gasteiger partial charge on any atom is 0.251 e. The number of aryl methyl sites for hydroxylation is 1. The van der Waals surface area contributed by atoms with E-state index in [4.69, 9.17) is 19.6 Å². The van der Waals surface area contributed by atoms with Gasteiger partial charge in [0.15, 0.2) is 0 Å². The van der Waals surface area contributed by atoms with Crippen LogP contribution in [0, 0.1) is 11.3 Å². The minimum atomic E-state index is -0.195. The molecule has 3 aromatic rings. The molecule has 2 aromatic carbocycles. The van der Waals surface area contributed by atoms with E-state index in [9.17, 15) is 4.79 Å². The molecule has 1 aliphatic carbocycles. The van der Waals surface area contributed by atoms with E-state index in [0.29, 0.717) is 54.0 Å². The summed E-state index contributed by atoms with van der Waals surface area (Å²) in [6.45, 7) is 1.48. The van der Waals surface area contributed by atoms with E-state index in [1.165, 1.54) is 12.8 Å². The third-order valence-electron chi connectivity index (χ3n) is 5.70. The molecule has 0 spiro atoms. The van der Waals surface area contributed by atoms with Crippen molar-refractivity contribution >= 4 is 5.91 Å². The Hall–Kier alpha value is -3.68. The molecule has 33 heavy (non-hydrogen) atoms. The topological polar surface area (TPSA) is 90.5 Å². The van der Waals surface area contributed by atoms with Crippen molar-refractivity contribution in [2.45, 2.75) is 25.9 Å². The van der Waals surface area contributed by atoms with E-state index in [1.807, 2.05) is 48.3 Å². The second-order valence-electron chi connectivity index (χ2n) is 8.38. The molecule has 8 nitrogen and oxygen atoms in total. The first-order valence-corrected chi connectivity index (χ1v) is 11.0. The summed E-state index contributed by atoms with van der Waals surface area (Å²) < 4.78 is 20.2. The average Bonchev–Trinajstić information content (AvgIpc) is 3.62. The number of carbonyl (C=O) groups is 1. The molecule has 1 saturated carbocycles. The largest absolute Gasteiger partial charge is 0.497 e. The van der Waals surface area contributed by atoms with Crippen LogP contribution in [0.5, 0.6) is 17.2 Å². The summed E-state index contributed by atoms with van der Waals surface area (Å²) in [4.78, 5) is 13.0. The van der Waals surface area contributed by atoms with Crippen LogP contribution in [0.3, 0.4) is 0 Å². The van der Waals surface area contributed by atoms with Gasteiger partial charge in [0.25, 0.3) is 5.91 Å². The van der Waals surface area contributed by atoms with Gasteiger partial charge in [-0.05, 0) is 60.2 Å². The number of benzene rings is 2. The maximum atomic E-state index is 13.0. The fraction of sp³-hybridized carbons (Fsp3) is 0.360. The number of amides is 1. The highest BCUT2D eigenvalue weighted by atomic mass is 16.5. The Bertz CT molecular complexity index is 1170. The van der Waals surface area contributed by atoms with Crippen LogP contribution in [0.2, 0.25) is 0 Å². The van der Waals surface area contributed by atoms with Gasteiger partial charge in [-0.1, -0.05) is 0 Å². The van der Waals surface area contributed by atoms with Gasteiger partial charge in [0.05, 0.1) is 27.4 Å². The van der Waals surface area contributed by atoms with E-state index in [1.54, 1.807) is 30.9 Å². The Kier molecular flexibility index (Phi) is 6.72. The fourth-order valence-electron chi connectivity index (χ4n) is 3.57. The highest BCUT2D eigenvalue weighted by Crippen LogP contribution is 2.30. The molecule has 0 radical (unpaired) electrons. The lowest BCUT2D eigenvalue weighted by Crippen LogP contribution is -2.24. The molecule has 0 unspecified atom stereocenters. The molecule has 174 valence electrons. The lowest BCUT2D eigenvalue weighted by atomic mass is 10.1. The first-order chi connectivity index (χ1) is 15.9. The number of methoxy groups -OCH3 is 2. The Morgan fingerprint density at radius 3 is 2.30 bits per heavy atom. The van der Waals surface area contributed by atoms with Crippen molar-refractivity contribution in [1.82, 2.24) is 14.5 Å². The predicted octanol–water partition coefficient (Wildman–Crippen LogP) is 3.09. The Labute approximate surface area is 193 Å². The number of nitrogens with zero attached hydrogens (tertiary/aromatic N) is 2. The Balaban J connectivity index is 1.53. The van der Waals surface area contributed by atoms with Crippen LogP contribution in [0.15, 0.2) is 48.8 Å². The zero-order valence-corrected chi connectivity index (χ0v) is 19.3. The van der Waals surface area contributed by atoms with Crippen molar-refractivity contribution < 1.29 is 19.0 Å². The van der Waals surface area contributed by atoms with E-state index in [2.05, 4.69) is 5.32 Å². The summed E-state index contributed by atoms with van der Waals surface area (Å²) in [7, 11) is 5.03. The zero-order valence-electron chi connectivity index (χ0n) is 19.3. The summed E-state index contributed by atoms with van der Waals surface area (Å²) in [6.07, 6.45) is 6.08. The first kappa shape index (κ1) is 22.5. The number of carbonyl (C=O) groups excluding carboxylic acids is 1. The molecule has 0 saturated heterocycles. The molecular formula is C25H30N4O4. The van der Waals surface area contributed by atoms with Gasteiger partial charge < -0.3 is 28.7 Å². The van der Waals surface area contributed by atoms with Crippen LogP contribution < -0.4 is 25.1 Å². The second kappa shape index (κ2) is 9.85. The lowest BCUT2D eigenvalue weighted by Gasteiger charge is -2.13. The third kappa shape index (κ3) is 5.77. The van der Waals surface area contributed by atoms with Crippen molar-refractivity contribution in [2.75, 3.05) is 20.8 Å². The van der Waals surface area contributed by atoms with Crippen molar-refractivity contribution in [3.63, 3.8) is 0 Å². The zero-order chi connectivity index (χ0) is 23.4. The van der Waals surface area contributed by atoms with Crippen LogP contribution in [0.25, 0.3) is 0 Å². The van der Waals surface area contributed by atoms with Crippen molar-refractivity contribution in [3.05, 3.63) is 71.1 Å². The van der Waals surface area contributed by atoms with Crippen LogP contribution in [-0.4, -0.2) is 35.9 Å². The van der Waals surface area contributed by atoms with E-state index < -0.39 is 0 Å². The van der Waals surface area contributed by atoms with Gasteiger partial charge in [-0.3, -0.25) is 10.2 Å². The molecule has 0 bridgehead atoms. The van der Waals surface area contributed by atoms with Crippen LogP contribution in [0.1, 0.15) is 34.3 Å². The summed E-state index contributed by atoms with van der Waals surface area (Å²) in [6, 6.07) is 11.1. The number of nitrogens with one attached hydrogen (secondary N) is 2. The molecular weight excluding hydrogens is 420 g/mol. The second-order valence-corrected chi connectivity index (χ2v) is 8.38. The molecule has 1 heterocycles. The highest BCUT2D eigenvalue weighted by molar-refractivity contribution is 5.94. The average molecular weight is 451 g/mol. The number of hydrogen-bond acceptors (Lipinski definition) is 5. The van der Waals surface area contributed by atoms with Gasteiger partial charge in [0.1, 0.15) is 17.2 Å². The SMILES string of the molecule is COc1cc(CNC(=O)c2cc(Cn3ccn(C)c3=N)cc(OCC3CC3)c2)cc(OC)c1. The van der Waals surface area contributed by atoms with Gasteiger partial charge in [0.2, 0.25) is 5.62 Å². The van der Waals surface area contributed by atoms with Crippen LogP contribution >= 0.6 is 0 Å². The van der Waals surface area contributed by atoms with Gasteiger partial charge in [0, 0.05) is 37.6 Å². The number of hydrogen-bond donors (Lipinski definition) is 2. The number of imidazole rings is 1. The Morgan fingerprint density at radius 2 is 1.70 bits per heavy atom. The minimum Gasteiger partial charge on any atom is -0.497 e. The van der Waals surface area contributed by atoms with Gasteiger partial charge in [-0.15, -0.1) is 0 Å². The maximum absolute atomic E-state index is 13.0. The smallest absolute Gasteiger partial charge is 0.251 e. The minimum absolute atomic E-state index is 0.195. The van der Waals surface area contributed by atoms with Crippen molar-refractivity contribution in [1.29, 1.82) is 5.41 Å². The molecule has 0 aliphatic heterocycles. The van der Waals surface area contributed by atoms with Gasteiger partial charge >= 0.3 is 0 Å². The van der Waals surface area contributed by atoms with Crippen molar-refractivity contribution in [3.8, 4) is 17.2 Å². The van der Waals surface area contributed by atoms with E-state index >= 15 is 0 Å². The molecule has 4 rings (SSSR count). The van der Waals surface area contributed by atoms with E-state index in [0.717, 1.165) is 11.1 Å². The van der Waals surface area contributed by atoms with Crippen LogP contribution in [-0.2, 0) is 20.1 Å². The third-order valence-corrected chi connectivity index (χ3v) is 5.70. The fourth-order valence-corrected chi connectivity index (χ4v) is 3.57. The normalized spacial score (nSPS) is 12.9. The molecule has 1 amide bonds. The van der Waals surface area contributed by atoms with Crippen LogP contribution in [0.4, 0.5) is 0 Å². The predicted molar refractivity (Wildman–Crippen MR) is 124 cm³/mol. The lowest BCUT2D eigenvalue weighted by molar-refractivity contribution is 0.0950. The number of rotatable bonds is 10. The summed E-state index contributed by atoms with van der Waals surface area (Å²) in [5, 5.41) is 11.2. The Morgan fingerprint density at radius 1 is 1.00 bits per heavy atom. The molecule has 0 atom stereocenters. The quantitative estimate of drug-likeness (QED) is 0.497. The monoisotopic (exact) mass is 450 g/mol.